The maximum Gasteiger partial charge on any atom is 0.170 e. The molecule has 0 atom stereocenters. The molecule has 14 heavy (non-hydrogen) atoms. The van der Waals surface area contributed by atoms with Gasteiger partial charge in [-0.05, 0) is 17.8 Å². The van der Waals surface area contributed by atoms with Gasteiger partial charge >= 0.3 is 0 Å². The Bertz CT molecular complexity index is 211. The van der Waals surface area contributed by atoms with Gasteiger partial charge in [-0.15, -0.1) is 0 Å². The molecule has 0 aromatic heterocycles. The number of halogens is 1. The van der Waals surface area contributed by atoms with E-state index < -0.39 is 0 Å². The summed E-state index contributed by atoms with van der Waals surface area (Å²) in [6.45, 7) is 15.5. The van der Waals surface area contributed by atoms with Gasteiger partial charge in [-0.3, -0.25) is 0 Å². The minimum Gasteiger partial charge on any atom is -0.216 e. The lowest BCUT2D eigenvalue weighted by molar-refractivity contribution is 0.156. The van der Waals surface area contributed by atoms with Gasteiger partial charge in [0.15, 0.2) is 6.71 Å². The fourth-order valence-electron chi connectivity index (χ4n) is 1.34. The van der Waals surface area contributed by atoms with Crippen molar-refractivity contribution >= 4 is 6.71 Å². The van der Waals surface area contributed by atoms with Gasteiger partial charge in [0.05, 0.1) is 6.33 Å². The summed E-state index contributed by atoms with van der Waals surface area (Å²) >= 11 is 0. The van der Waals surface area contributed by atoms with Crippen molar-refractivity contribution < 1.29 is 4.39 Å². The Hall–Kier alpha value is -0.265. The summed E-state index contributed by atoms with van der Waals surface area (Å²) in [5.41, 5.74) is 1.34. The van der Waals surface area contributed by atoms with E-state index in [2.05, 4.69) is 41.4 Å². The molecule has 0 unspecified atom stereocenters. The Kier molecular flexibility index (Phi) is 4.42. The van der Waals surface area contributed by atoms with Gasteiger partial charge < -0.3 is 0 Å². The van der Waals surface area contributed by atoms with Crippen molar-refractivity contribution in [2.75, 3.05) is 0 Å². The summed E-state index contributed by atoms with van der Waals surface area (Å²) in [5, 5.41) is 0. The van der Waals surface area contributed by atoms with Crippen LogP contribution in [0, 0.1) is 10.8 Å². The second-order valence-corrected chi connectivity index (χ2v) is 6.09. The first kappa shape index (κ1) is 13.7. The molecule has 0 heterocycles. The quantitative estimate of drug-likeness (QED) is 0.581. The minimum atomic E-state index is 0.233. The third-order valence-electron chi connectivity index (χ3n) is 3.80. The van der Waals surface area contributed by atoms with Crippen LogP contribution in [0.15, 0.2) is 11.8 Å². The number of allylic oxidation sites excluding steroid dienone is 1. The first-order valence-corrected chi connectivity index (χ1v) is 5.38. The molecule has 2 heteroatoms. The zero-order valence-corrected chi connectivity index (χ0v) is 10.7. The summed E-state index contributed by atoms with van der Waals surface area (Å²) in [6, 6.07) is 0. The average Bonchev–Trinajstić information content (AvgIpc) is 2.00. The summed E-state index contributed by atoms with van der Waals surface area (Å²) in [6.07, 6.45) is 1.77. The molecule has 0 aliphatic rings. The fourth-order valence-corrected chi connectivity index (χ4v) is 1.34. The summed E-state index contributed by atoms with van der Waals surface area (Å²) in [4.78, 5) is 0. The third-order valence-corrected chi connectivity index (χ3v) is 3.80. The molecule has 0 spiro atoms. The molecule has 0 rings (SSSR count). The smallest absolute Gasteiger partial charge is 0.170 e. The van der Waals surface area contributed by atoms with Crippen LogP contribution < -0.4 is 0 Å². The average molecular weight is 198 g/mol. The molecule has 0 aromatic carbocycles. The lowest BCUT2D eigenvalue weighted by Crippen LogP contribution is -2.33. The highest BCUT2D eigenvalue weighted by Gasteiger charge is 2.34. The van der Waals surface area contributed by atoms with Gasteiger partial charge in [0.25, 0.3) is 0 Å². The highest BCUT2D eigenvalue weighted by atomic mass is 19.1. The van der Waals surface area contributed by atoms with Crippen molar-refractivity contribution in [1.29, 1.82) is 0 Å². The fraction of sp³-hybridized carbons (Fsp3) is 0.833. The zero-order chi connectivity index (χ0) is 11.6. The zero-order valence-electron chi connectivity index (χ0n) is 10.7. The molecule has 0 amide bonds. The predicted octanol–water partition coefficient (Wildman–Crippen LogP) is 4.60. The Balaban J connectivity index is 4.53. The Labute approximate surface area is 89.1 Å². The minimum absolute atomic E-state index is 0.233. The molecule has 0 saturated carbocycles. The van der Waals surface area contributed by atoms with Crippen molar-refractivity contribution in [3.8, 4) is 0 Å². The van der Waals surface area contributed by atoms with E-state index in [1.807, 2.05) is 6.92 Å². The largest absolute Gasteiger partial charge is 0.216 e. The van der Waals surface area contributed by atoms with Crippen LogP contribution in [-0.2, 0) is 0 Å². The molecule has 0 nitrogen and oxygen atoms in total. The first-order valence-electron chi connectivity index (χ1n) is 5.38. The summed E-state index contributed by atoms with van der Waals surface area (Å²) in [7, 11) is 0. The molecular weight excluding hydrogens is 174 g/mol. The maximum absolute atomic E-state index is 12.3. The molecule has 0 saturated heterocycles. The van der Waals surface area contributed by atoms with Crippen molar-refractivity contribution in [1.82, 2.24) is 0 Å². The second-order valence-electron chi connectivity index (χ2n) is 6.09. The lowest BCUT2D eigenvalue weighted by Gasteiger charge is -2.40. The van der Waals surface area contributed by atoms with Crippen LogP contribution in [0.4, 0.5) is 4.39 Å². The van der Waals surface area contributed by atoms with Gasteiger partial charge in [0.2, 0.25) is 0 Å². The molecular formula is C12H24BF. The topological polar surface area (TPSA) is 0 Å². The molecule has 0 N–H and O–H groups in total. The van der Waals surface area contributed by atoms with E-state index >= 15 is 0 Å². The SMILES string of the molecule is CB(CC(C)(C)C(C)(C)C)/C(C)=C/F. The van der Waals surface area contributed by atoms with Crippen molar-refractivity contribution in [3.63, 3.8) is 0 Å². The van der Waals surface area contributed by atoms with Crippen molar-refractivity contribution in [2.24, 2.45) is 10.8 Å². The Morgan fingerprint density at radius 3 is 1.93 bits per heavy atom. The van der Waals surface area contributed by atoms with Crippen LogP contribution in [-0.4, -0.2) is 6.71 Å². The predicted molar refractivity (Wildman–Crippen MR) is 64.5 cm³/mol. The van der Waals surface area contributed by atoms with Crippen LogP contribution in [0.25, 0.3) is 0 Å². The number of rotatable bonds is 3. The van der Waals surface area contributed by atoms with E-state index in [1.54, 1.807) is 0 Å². The monoisotopic (exact) mass is 198 g/mol. The van der Waals surface area contributed by atoms with Crippen LogP contribution in [0.2, 0.25) is 13.1 Å². The molecule has 0 aromatic rings. The van der Waals surface area contributed by atoms with Gasteiger partial charge in [-0.1, -0.05) is 53.2 Å². The van der Waals surface area contributed by atoms with Gasteiger partial charge in [0.1, 0.15) is 0 Å². The molecule has 0 aliphatic carbocycles. The van der Waals surface area contributed by atoms with E-state index in [9.17, 15) is 4.39 Å². The highest BCUT2D eigenvalue weighted by molar-refractivity contribution is 6.65. The van der Waals surface area contributed by atoms with E-state index in [-0.39, 0.29) is 10.8 Å². The third kappa shape index (κ3) is 3.47. The van der Waals surface area contributed by atoms with Crippen LogP contribution in [0.5, 0.6) is 0 Å². The standard InChI is InChI=1S/C12H24BF/c1-10(8-14)13(7)9-12(5,6)11(2,3)4/h8H,9H2,1-7H3/b10-8+. The lowest BCUT2D eigenvalue weighted by atomic mass is 9.39. The van der Waals surface area contributed by atoms with Crippen LogP contribution in [0.3, 0.4) is 0 Å². The van der Waals surface area contributed by atoms with E-state index in [4.69, 9.17) is 0 Å². The van der Waals surface area contributed by atoms with Gasteiger partial charge in [0, 0.05) is 0 Å². The highest BCUT2D eigenvalue weighted by Crippen LogP contribution is 2.42. The van der Waals surface area contributed by atoms with Gasteiger partial charge in [-0.2, -0.15) is 0 Å². The van der Waals surface area contributed by atoms with Crippen LogP contribution >= 0.6 is 0 Å². The number of hydrogen-bond donors (Lipinski definition) is 0. The van der Waals surface area contributed by atoms with E-state index in [0.717, 1.165) is 18.1 Å². The molecule has 0 aliphatic heterocycles. The summed E-state index contributed by atoms with van der Waals surface area (Å²) < 4.78 is 12.3. The Morgan fingerprint density at radius 1 is 1.21 bits per heavy atom. The number of hydrogen-bond acceptors (Lipinski definition) is 0. The molecule has 82 valence electrons. The normalized spacial score (nSPS) is 14.4. The maximum atomic E-state index is 12.3. The Morgan fingerprint density at radius 2 is 1.64 bits per heavy atom. The molecule has 0 radical (unpaired) electrons. The van der Waals surface area contributed by atoms with Gasteiger partial charge in [-0.25, -0.2) is 4.39 Å². The second kappa shape index (κ2) is 4.50. The first-order chi connectivity index (χ1) is 6.12. The molecule has 0 fully saturated rings. The van der Waals surface area contributed by atoms with Crippen LogP contribution in [0.1, 0.15) is 41.5 Å². The summed E-state index contributed by atoms with van der Waals surface area (Å²) in [5.74, 6) is 0. The van der Waals surface area contributed by atoms with Crippen molar-refractivity contribution in [3.05, 3.63) is 11.8 Å². The van der Waals surface area contributed by atoms with Crippen molar-refractivity contribution in [2.45, 2.75) is 54.7 Å². The molecule has 0 bridgehead atoms. The van der Waals surface area contributed by atoms with E-state index in [0.29, 0.717) is 6.71 Å². The van der Waals surface area contributed by atoms with E-state index in [1.165, 1.54) is 0 Å².